The molecule has 0 aliphatic rings. The summed E-state index contributed by atoms with van der Waals surface area (Å²) in [5.41, 5.74) is -11.4. The van der Waals surface area contributed by atoms with Gasteiger partial charge in [0.05, 0.1) is 12.5 Å². The molecule has 22 heteroatoms. The Morgan fingerprint density at radius 2 is 0.534 bits per heavy atom. The van der Waals surface area contributed by atoms with E-state index in [2.05, 4.69) is 50.6 Å². The highest BCUT2D eigenvalue weighted by Gasteiger charge is 2.52. The summed E-state index contributed by atoms with van der Waals surface area (Å²) in [4.78, 5) is 0. The highest BCUT2D eigenvalue weighted by atomic mass is 32.2. The topological polar surface area (TPSA) is 0 Å². The van der Waals surface area contributed by atoms with E-state index in [1.54, 1.807) is 0 Å². The molecule has 0 bridgehead atoms. The van der Waals surface area contributed by atoms with Gasteiger partial charge in [-0.2, -0.15) is 0 Å². The maximum atomic E-state index is 15.4. The van der Waals surface area contributed by atoms with Crippen LogP contribution in [-0.4, -0.2) is 18.7 Å². The molecule has 0 aliphatic heterocycles. The van der Waals surface area contributed by atoms with Gasteiger partial charge in [0.25, 0.3) is 0 Å². The second kappa shape index (κ2) is 16.8. The zero-order chi connectivity index (χ0) is 44.2. The van der Waals surface area contributed by atoms with Crippen LogP contribution in [0.2, 0.25) is 0 Å². The molecule has 0 nitrogen and oxygen atoms in total. The molecule has 5 aromatic carbocycles. The highest BCUT2D eigenvalue weighted by molar-refractivity contribution is 7.94. The van der Waals surface area contributed by atoms with Crippen molar-refractivity contribution in [1.82, 2.24) is 0 Å². The molecule has 0 unspecified atom stereocenters. The van der Waals surface area contributed by atoms with E-state index in [1.165, 1.54) is 16.9 Å². The van der Waals surface area contributed by atoms with Crippen molar-refractivity contribution in [3.05, 3.63) is 152 Å². The SMILES string of the molecule is CC(C)c1ccc(C[S+](C)C)cc1.Fc1c(F)c(F)c([B-](c2c(F)c(F)c(F)c(F)c2F)(c2c(F)c(F)c(F)c(F)c2F)c2c(F)c(F)c(F)c(F)c2F)c(F)c1F. The molecule has 0 N–H and O–H groups in total. The molecule has 5 aromatic rings. The molecule has 312 valence electrons. The van der Waals surface area contributed by atoms with E-state index in [4.69, 9.17) is 0 Å². The zero-order valence-corrected chi connectivity index (χ0v) is 30.0. The van der Waals surface area contributed by atoms with Crippen molar-refractivity contribution < 1.29 is 87.8 Å². The Hall–Kier alpha value is -4.89. The second-order valence-electron chi connectivity index (χ2n) is 12.8. The van der Waals surface area contributed by atoms with Gasteiger partial charge in [-0.25, -0.2) is 87.8 Å². The Morgan fingerprint density at radius 3 is 0.707 bits per heavy atom. The van der Waals surface area contributed by atoms with Crippen LogP contribution in [0.3, 0.4) is 0 Å². The number of rotatable bonds is 7. The van der Waals surface area contributed by atoms with E-state index in [9.17, 15) is 52.7 Å². The van der Waals surface area contributed by atoms with Crippen molar-refractivity contribution in [1.29, 1.82) is 0 Å². The molecule has 0 aromatic heterocycles. The maximum Gasteiger partial charge on any atom is 0.200 e. The molecule has 0 amide bonds. The molecule has 0 spiro atoms. The van der Waals surface area contributed by atoms with Crippen LogP contribution in [-0.2, 0) is 16.6 Å². The van der Waals surface area contributed by atoms with Crippen LogP contribution in [0.25, 0.3) is 0 Å². The van der Waals surface area contributed by atoms with Crippen molar-refractivity contribution in [3.8, 4) is 0 Å². The van der Waals surface area contributed by atoms with Crippen molar-refractivity contribution in [2.45, 2.75) is 25.5 Å². The molecular formula is C36H19BF20S. The molecule has 0 fully saturated rings. The Balaban J connectivity index is 0.000000486. The quantitative estimate of drug-likeness (QED) is 0.0504. The lowest BCUT2D eigenvalue weighted by atomic mass is 9.12. The minimum atomic E-state index is -7.22. The lowest BCUT2D eigenvalue weighted by Gasteiger charge is -2.44. The van der Waals surface area contributed by atoms with Gasteiger partial charge >= 0.3 is 0 Å². The van der Waals surface area contributed by atoms with E-state index in [-0.39, 0.29) is 0 Å². The number of hydrogen-bond acceptors (Lipinski definition) is 0. The van der Waals surface area contributed by atoms with Crippen LogP contribution < -0.4 is 21.9 Å². The first kappa shape index (κ1) is 45.8. The van der Waals surface area contributed by atoms with Gasteiger partial charge in [-0.15, -0.1) is 21.9 Å². The average Bonchev–Trinajstić information content (AvgIpc) is 3.18. The van der Waals surface area contributed by atoms with Crippen LogP contribution in [0.1, 0.15) is 30.9 Å². The van der Waals surface area contributed by atoms with Gasteiger partial charge < -0.3 is 0 Å². The Morgan fingerprint density at radius 1 is 0.345 bits per heavy atom. The van der Waals surface area contributed by atoms with Crippen LogP contribution in [0, 0.1) is 116 Å². The molecule has 58 heavy (non-hydrogen) atoms. The normalized spacial score (nSPS) is 11.8. The molecule has 0 saturated heterocycles. The number of hydrogen-bond donors (Lipinski definition) is 0. The smallest absolute Gasteiger partial charge is 0.200 e. The summed E-state index contributed by atoms with van der Waals surface area (Å²) in [6, 6.07) is 9.05. The van der Waals surface area contributed by atoms with Crippen molar-refractivity contribution in [2.75, 3.05) is 12.5 Å². The van der Waals surface area contributed by atoms with Gasteiger partial charge in [-0.1, -0.05) is 38.1 Å². The van der Waals surface area contributed by atoms with Gasteiger partial charge in [0.1, 0.15) is 58.4 Å². The van der Waals surface area contributed by atoms with Crippen LogP contribution in [0.15, 0.2) is 24.3 Å². The van der Waals surface area contributed by atoms with E-state index in [0.717, 1.165) is 0 Å². The predicted molar refractivity (Wildman–Crippen MR) is 173 cm³/mol. The summed E-state index contributed by atoms with van der Waals surface area (Å²) in [5.74, 6) is -69.5. The molecule has 5 rings (SSSR count). The summed E-state index contributed by atoms with van der Waals surface area (Å²) in [5, 5.41) is 0. The fraction of sp³-hybridized carbons (Fsp3) is 0.167. The van der Waals surface area contributed by atoms with Gasteiger partial charge in [0, 0.05) is 5.56 Å². The van der Waals surface area contributed by atoms with Crippen molar-refractivity contribution >= 4 is 38.9 Å². The molecule has 0 atom stereocenters. The summed E-state index contributed by atoms with van der Waals surface area (Å²) in [6.45, 7) is 4.47. The Kier molecular flexibility index (Phi) is 13.2. The molecular weight excluding hydrogens is 855 g/mol. The summed E-state index contributed by atoms with van der Waals surface area (Å²) in [6.07, 6.45) is -2.64. The molecule has 0 radical (unpaired) electrons. The predicted octanol–water partition coefficient (Wildman–Crippen LogP) is 9.03. The van der Waals surface area contributed by atoms with Gasteiger partial charge in [-0.3, -0.25) is 0 Å². The third-order valence-electron chi connectivity index (χ3n) is 8.81. The minimum absolute atomic E-state index is 0.516. The minimum Gasteiger partial charge on any atom is -0.207 e. The van der Waals surface area contributed by atoms with Crippen molar-refractivity contribution in [2.24, 2.45) is 0 Å². The van der Waals surface area contributed by atoms with Crippen LogP contribution in [0.4, 0.5) is 87.8 Å². The average molecular weight is 874 g/mol. The molecule has 0 aliphatic carbocycles. The fourth-order valence-electron chi connectivity index (χ4n) is 6.21. The van der Waals surface area contributed by atoms with E-state index in [0.29, 0.717) is 16.8 Å². The first-order valence-electron chi connectivity index (χ1n) is 15.7. The Labute approximate surface area is 316 Å². The molecule has 0 saturated carbocycles. The molecule has 0 heterocycles. The highest BCUT2D eigenvalue weighted by Crippen LogP contribution is 2.31. The monoisotopic (exact) mass is 874 g/mol. The van der Waals surface area contributed by atoms with E-state index < -0.39 is 144 Å². The standard InChI is InChI=1S/C24BF20.C12H19S/c26-5-1(6(27)14(35)21(42)13(5)34)25(2-7(28)15(36)22(43)16(37)8(2)29,3-9(30)17(38)23(44)18(39)10(3)31)4-11(32)19(40)24(45)20(41)12(4)33;1-10(2)12-7-5-11(6-8-12)9-13(3)4/h;5-8,10H,9H2,1-4H3/q-1;+1. The van der Waals surface area contributed by atoms with Gasteiger partial charge in [0.2, 0.25) is 0 Å². The van der Waals surface area contributed by atoms with Gasteiger partial charge in [-0.05, 0) is 22.4 Å². The third kappa shape index (κ3) is 7.24. The lowest BCUT2D eigenvalue weighted by molar-refractivity contribution is 0.378. The van der Waals surface area contributed by atoms with Crippen LogP contribution >= 0.6 is 0 Å². The van der Waals surface area contributed by atoms with Crippen LogP contribution in [0.5, 0.6) is 0 Å². The largest absolute Gasteiger partial charge is 0.207 e. The summed E-state index contributed by atoms with van der Waals surface area (Å²) < 4.78 is 294. The van der Waals surface area contributed by atoms with E-state index in [1.807, 2.05) is 0 Å². The maximum absolute atomic E-state index is 15.4. The fourth-order valence-corrected chi connectivity index (χ4v) is 7.07. The summed E-state index contributed by atoms with van der Waals surface area (Å²) in [7, 11) is 0.516. The Bertz CT molecular complexity index is 2050. The van der Waals surface area contributed by atoms with Gasteiger partial charge in [0.15, 0.2) is 69.8 Å². The lowest BCUT2D eigenvalue weighted by Crippen LogP contribution is -2.81. The second-order valence-corrected chi connectivity index (χ2v) is 15.1. The first-order chi connectivity index (χ1) is 26.8. The van der Waals surface area contributed by atoms with Crippen molar-refractivity contribution in [3.63, 3.8) is 0 Å². The zero-order valence-electron chi connectivity index (χ0n) is 29.1. The number of benzene rings is 5. The first-order valence-corrected chi connectivity index (χ1v) is 17.9. The van der Waals surface area contributed by atoms with E-state index >= 15 is 35.1 Å². The third-order valence-corrected chi connectivity index (χ3v) is 9.72. The summed E-state index contributed by atoms with van der Waals surface area (Å²) >= 11 is 0. The number of halogens is 20.